The van der Waals surface area contributed by atoms with Gasteiger partial charge in [0.15, 0.2) is 0 Å². The molecule has 1 fully saturated rings. The highest BCUT2D eigenvalue weighted by molar-refractivity contribution is 5.96. The van der Waals surface area contributed by atoms with Crippen LogP contribution in [0.15, 0.2) is 24.3 Å². The van der Waals surface area contributed by atoms with Gasteiger partial charge >= 0.3 is 0 Å². The number of amides is 2. The lowest BCUT2D eigenvalue weighted by atomic mass is 9.99. The molecule has 0 saturated carbocycles. The molecule has 24 heavy (non-hydrogen) atoms. The van der Waals surface area contributed by atoms with Crippen molar-refractivity contribution in [1.29, 1.82) is 0 Å². The third-order valence-electron chi connectivity index (χ3n) is 4.49. The van der Waals surface area contributed by atoms with Crippen molar-refractivity contribution in [3.63, 3.8) is 0 Å². The minimum atomic E-state index is -0.0660. The lowest BCUT2D eigenvalue weighted by molar-refractivity contribution is -0.117. The molecule has 0 spiro atoms. The van der Waals surface area contributed by atoms with E-state index in [1.165, 1.54) is 0 Å². The van der Waals surface area contributed by atoms with Gasteiger partial charge in [0.25, 0.3) is 5.91 Å². The number of carbonyl (C=O) groups excluding carboxylic acids is 2. The van der Waals surface area contributed by atoms with E-state index >= 15 is 0 Å². The lowest BCUT2D eigenvalue weighted by Gasteiger charge is -2.29. The number of hydrogen-bond donors (Lipinski definition) is 2. The van der Waals surface area contributed by atoms with E-state index in [-0.39, 0.29) is 11.8 Å². The molecule has 5 nitrogen and oxygen atoms in total. The summed E-state index contributed by atoms with van der Waals surface area (Å²) < 4.78 is 0. The van der Waals surface area contributed by atoms with Gasteiger partial charge in [0.05, 0.1) is 6.54 Å². The van der Waals surface area contributed by atoms with Crippen molar-refractivity contribution in [3.8, 4) is 0 Å². The summed E-state index contributed by atoms with van der Waals surface area (Å²) in [4.78, 5) is 26.3. The first kappa shape index (κ1) is 18.5. The fraction of sp³-hybridized carbons (Fsp3) is 0.579. The molecule has 0 atom stereocenters. The van der Waals surface area contributed by atoms with Gasteiger partial charge in [-0.1, -0.05) is 20.3 Å². The number of rotatable bonds is 7. The van der Waals surface area contributed by atoms with E-state index in [0.717, 1.165) is 50.4 Å². The Bertz CT molecular complexity index is 534. The van der Waals surface area contributed by atoms with Gasteiger partial charge in [-0.2, -0.15) is 0 Å². The Morgan fingerprint density at radius 3 is 2.46 bits per heavy atom. The summed E-state index contributed by atoms with van der Waals surface area (Å²) in [7, 11) is 0. The molecule has 1 aliphatic heterocycles. The number of nitrogens with zero attached hydrogens (tertiary/aromatic N) is 1. The van der Waals surface area contributed by atoms with Crippen LogP contribution in [0.2, 0.25) is 0 Å². The highest BCUT2D eigenvalue weighted by Crippen LogP contribution is 2.16. The summed E-state index contributed by atoms with van der Waals surface area (Å²) in [5, 5.41) is 5.79. The van der Waals surface area contributed by atoms with E-state index in [0.29, 0.717) is 18.7 Å². The average molecular weight is 331 g/mol. The van der Waals surface area contributed by atoms with Crippen molar-refractivity contribution in [2.45, 2.75) is 39.5 Å². The van der Waals surface area contributed by atoms with Gasteiger partial charge in [-0.15, -0.1) is 0 Å². The van der Waals surface area contributed by atoms with Gasteiger partial charge in [0.2, 0.25) is 5.91 Å². The van der Waals surface area contributed by atoms with Gasteiger partial charge in [0.1, 0.15) is 0 Å². The van der Waals surface area contributed by atoms with Gasteiger partial charge in [-0.3, -0.25) is 14.5 Å². The van der Waals surface area contributed by atoms with E-state index in [1.54, 1.807) is 24.3 Å². The summed E-state index contributed by atoms with van der Waals surface area (Å²) in [6, 6.07) is 7.06. The molecule has 0 radical (unpaired) electrons. The molecular weight excluding hydrogens is 302 g/mol. The fourth-order valence-corrected chi connectivity index (χ4v) is 2.81. The monoisotopic (exact) mass is 331 g/mol. The third kappa shape index (κ3) is 5.96. The Kier molecular flexibility index (Phi) is 7.25. The van der Waals surface area contributed by atoms with Gasteiger partial charge < -0.3 is 10.6 Å². The Hall–Kier alpha value is -1.88. The molecule has 1 heterocycles. The van der Waals surface area contributed by atoms with Crippen LogP contribution in [0.3, 0.4) is 0 Å². The molecule has 2 amide bonds. The van der Waals surface area contributed by atoms with Gasteiger partial charge in [0, 0.05) is 17.8 Å². The minimum absolute atomic E-state index is 0.00435. The van der Waals surface area contributed by atoms with Crippen molar-refractivity contribution in [1.82, 2.24) is 10.2 Å². The number of piperidine rings is 1. The zero-order valence-corrected chi connectivity index (χ0v) is 14.8. The molecule has 5 heteroatoms. The number of nitrogens with one attached hydrogen (secondary N) is 2. The molecule has 1 aromatic rings. The topological polar surface area (TPSA) is 61.4 Å². The molecule has 2 rings (SSSR count). The van der Waals surface area contributed by atoms with Crippen LogP contribution in [-0.2, 0) is 4.79 Å². The quantitative estimate of drug-likeness (QED) is 0.755. The predicted molar refractivity (Wildman–Crippen MR) is 97.2 cm³/mol. The molecule has 132 valence electrons. The van der Waals surface area contributed by atoms with Crippen LogP contribution >= 0.6 is 0 Å². The summed E-state index contributed by atoms with van der Waals surface area (Å²) in [6.07, 6.45) is 4.36. The van der Waals surface area contributed by atoms with E-state index < -0.39 is 0 Å². The zero-order valence-electron chi connectivity index (χ0n) is 14.8. The summed E-state index contributed by atoms with van der Waals surface area (Å²) in [5.74, 6) is 0.703. The summed E-state index contributed by atoms with van der Waals surface area (Å²) in [5.41, 5.74) is 1.35. The van der Waals surface area contributed by atoms with Crippen molar-refractivity contribution < 1.29 is 9.59 Å². The SMILES string of the molecule is CCCCNC(=O)c1ccc(NC(=O)CN2CCC(C)CC2)cc1. The van der Waals surface area contributed by atoms with Crippen molar-refractivity contribution in [2.75, 3.05) is 31.5 Å². The van der Waals surface area contributed by atoms with Crippen LogP contribution in [0.25, 0.3) is 0 Å². The van der Waals surface area contributed by atoms with Crippen LogP contribution < -0.4 is 10.6 Å². The standard InChI is InChI=1S/C19H29N3O2/c1-3-4-11-20-19(24)16-5-7-17(8-6-16)21-18(23)14-22-12-9-15(2)10-13-22/h5-8,15H,3-4,9-14H2,1-2H3,(H,20,24)(H,21,23). The molecule has 1 aliphatic rings. The van der Waals surface area contributed by atoms with Gasteiger partial charge in [-0.05, 0) is 62.5 Å². The number of benzene rings is 1. The van der Waals surface area contributed by atoms with Crippen LogP contribution in [-0.4, -0.2) is 42.9 Å². The van der Waals surface area contributed by atoms with Crippen molar-refractivity contribution in [2.24, 2.45) is 5.92 Å². The second-order valence-corrected chi connectivity index (χ2v) is 6.69. The summed E-state index contributed by atoms with van der Waals surface area (Å²) >= 11 is 0. The average Bonchev–Trinajstić information content (AvgIpc) is 2.58. The maximum atomic E-state index is 12.1. The number of carbonyl (C=O) groups is 2. The van der Waals surface area contributed by atoms with Gasteiger partial charge in [-0.25, -0.2) is 0 Å². The van der Waals surface area contributed by atoms with Crippen LogP contribution in [0.1, 0.15) is 49.9 Å². The lowest BCUT2D eigenvalue weighted by Crippen LogP contribution is -2.38. The molecule has 1 saturated heterocycles. The first-order valence-electron chi connectivity index (χ1n) is 8.99. The normalized spacial score (nSPS) is 15.9. The molecule has 0 unspecified atom stereocenters. The summed E-state index contributed by atoms with van der Waals surface area (Å²) in [6.45, 7) is 7.47. The first-order chi connectivity index (χ1) is 11.6. The van der Waals surface area contributed by atoms with E-state index in [4.69, 9.17) is 0 Å². The number of anilines is 1. The van der Waals surface area contributed by atoms with Crippen molar-refractivity contribution in [3.05, 3.63) is 29.8 Å². The Labute approximate surface area is 144 Å². The first-order valence-corrected chi connectivity index (χ1v) is 8.99. The van der Waals surface area contributed by atoms with E-state index in [2.05, 4.69) is 29.4 Å². The molecule has 1 aromatic carbocycles. The van der Waals surface area contributed by atoms with Crippen LogP contribution in [0.4, 0.5) is 5.69 Å². The largest absolute Gasteiger partial charge is 0.352 e. The minimum Gasteiger partial charge on any atom is -0.352 e. The molecular formula is C19H29N3O2. The predicted octanol–water partition coefficient (Wildman–Crippen LogP) is 2.89. The number of likely N-dealkylation sites (tertiary alicyclic amines) is 1. The van der Waals surface area contributed by atoms with E-state index in [9.17, 15) is 9.59 Å². The smallest absolute Gasteiger partial charge is 0.251 e. The highest BCUT2D eigenvalue weighted by atomic mass is 16.2. The molecule has 2 N–H and O–H groups in total. The third-order valence-corrected chi connectivity index (χ3v) is 4.49. The maximum absolute atomic E-state index is 12.1. The van der Waals surface area contributed by atoms with Crippen molar-refractivity contribution >= 4 is 17.5 Å². The second kappa shape index (κ2) is 9.42. The maximum Gasteiger partial charge on any atom is 0.251 e. The number of hydrogen-bond acceptors (Lipinski definition) is 3. The zero-order chi connectivity index (χ0) is 17.4. The fourth-order valence-electron chi connectivity index (χ4n) is 2.81. The molecule has 0 aliphatic carbocycles. The van der Waals surface area contributed by atoms with Crippen LogP contribution in [0, 0.1) is 5.92 Å². The Morgan fingerprint density at radius 2 is 1.83 bits per heavy atom. The molecule has 0 aromatic heterocycles. The Balaban J connectivity index is 1.78. The highest BCUT2D eigenvalue weighted by Gasteiger charge is 2.17. The number of unbranched alkanes of at least 4 members (excludes halogenated alkanes) is 1. The van der Waals surface area contributed by atoms with E-state index in [1.807, 2.05) is 0 Å². The Morgan fingerprint density at radius 1 is 1.17 bits per heavy atom. The molecule has 0 bridgehead atoms. The second-order valence-electron chi connectivity index (χ2n) is 6.69. The van der Waals surface area contributed by atoms with Crippen LogP contribution in [0.5, 0.6) is 0 Å².